The normalized spacial score (nSPS) is 10.3. The number of halogens is 1. The first-order chi connectivity index (χ1) is 10.6. The lowest BCUT2D eigenvalue weighted by Crippen LogP contribution is -2.33. The number of carbonyl (C=O) groups excluding carboxylic acids is 2. The van der Waals surface area contributed by atoms with E-state index in [0.29, 0.717) is 18.0 Å². The maximum atomic E-state index is 11.4. The molecule has 0 atom stereocenters. The first-order valence-electron chi connectivity index (χ1n) is 6.76. The Kier molecular flexibility index (Phi) is 5.91. The van der Waals surface area contributed by atoms with Gasteiger partial charge in [-0.2, -0.15) is 0 Å². The summed E-state index contributed by atoms with van der Waals surface area (Å²) in [4.78, 5) is 27.0. The Morgan fingerprint density at radius 3 is 2.86 bits per heavy atom. The van der Waals surface area contributed by atoms with Crippen molar-refractivity contribution in [1.82, 2.24) is 10.3 Å². The molecule has 0 saturated heterocycles. The Labute approximate surface area is 137 Å². The van der Waals surface area contributed by atoms with E-state index in [9.17, 15) is 9.59 Å². The molecule has 1 heterocycles. The van der Waals surface area contributed by atoms with Gasteiger partial charge in [0.05, 0.1) is 17.3 Å². The minimum Gasteiger partial charge on any atom is -0.459 e. The van der Waals surface area contributed by atoms with E-state index in [1.165, 1.54) is 11.3 Å². The molecule has 0 aliphatic heterocycles. The Morgan fingerprint density at radius 1 is 1.36 bits per heavy atom. The van der Waals surface area contributed by atoms with E-state index in [0.717, 1.165) is 16.3 Å². The van der Waals surface area contributed by atoms with Crippen molar-refractivity contribution < 1.29 is 14.3 Å². The van der Waals surface area contributed by atoms with Crippen molar-refractivity contribution in [2.45, 2.75) is 13.3 Å². The summed E-state index contributed by atoms with van der Waals surface area (Å²) in [5.41, 5.74) is 1.72. The Hall–Kier alpha value is -1.92. The van der Waals surface area contributed by atoms with E-state index < -0.39 is 11.9 Å². The number of esters is 1. The van der Waals surface area contributed by atoms with E-state index in [4.69, 9.17) is 11.6 Å². The third kappa shape index (κ3) is 4.29. The molecular formula is C15H15ClN2O3S. The van der Waals surface area contributed by atoms with Crippen molar-refractivity contribution in [3.8, 4) is 10.6 Å². The van der Waals surface area contributed by atoms with Crippen LogP contribution in [0.5, 0.6) is 0 Å². The first kappa shape index (κ1) is 16.5. The quantitative estimate of drug-likeness (QED) is 0.672. The molecule has 0 fully saturated rings. The predicted molar refractivity (Wildman–Crippen MR) is 85.9 cm³/mol. The van der Waals surface area contributed by atoms with E-state index in [1.54, 1.807) is 6.92 Å². The zero-order valence-corrected chi connectivity index (χ0v) is 13.5. The number of rotatable bonds is 5. The summed E-state index contributed by atoms with van der Waals surface area (Å²) in [5.74, 6) is -1.60. The molecule has 0 saturated carbocycles. The lowest BCUT2D eigenvalue weighted by Gasteiger charge is -2.03. The van der Waals surface area contributed by atoms with Gasteiger partial charge in [0.1, 0.15) is 5.01 Å². The van der Waals surface area contributed by atoms with Gasteiger partial charge in [0.2, 0.25) is 0 Å². The lowest BCUT2D eigenvalue weighted by atomic mass is 10.2. The molecular weight excluding hydrogens is 324 g/mol. The fourth-order valence-corrected chi connectivity index (χ4v) is 2.93. The van der Waals surface area contributed by atoms with Crippen LogP contribution in [0.25, 0.3) is 10.6 Å². The largest absolute Gasteiger partial charge is 0.459 e. The van der Waals surface area contributed by atoms with Crippen LogP contribution in [0, 0.1) is 0 Å². The summed E-state index contributed by atoms with van der Waals surface area (Å²) in [6, 6.07) is 7.50. The van der Waals surface area contributed by atoms with Gasteiger partial charge in [-0.05, 0) is 13.0 Å². The molecule has 0 bridgehead atoms. The second-order valence-corrected chi connectivity index (χ2v) is 5.62. The van der Waals surface area contributed by atoms with Gasteiger partial charge in [0, 0.05) is 23.9 Å². The van der Waals surface area contributed by atoms with Crippen LogP contribution in [-0.2, 0) is 20.7 Å². The van der Waals surface area contributed by atoms with Crippen LogP contribution in [0.1, 0.15) is 12.6 Å². The molecule has 1 amide bonds. The minimum absolute atomic E-state index is 0.180. The summed E-state index contributed by atoms with van der Waals surface area (Å²) in [6.45, 7) is 2.15. The molecule has 7 heteroatoms. The summed E-state index contributed by atoms with van der Waals surface area (Å²) in [7, 11) is 0. The van der Waals surface area contributed by atoms with Crippen LogP contribution in [0.4, 0.5) is 0 Å². The molecule has 1 aromatic carbocycles. The zero-order chi connectivity index (χ0) is 15.9. The SMILES string of the molecule is CCOC(=O)C(=O)NCCc1csc(-c2ccccc2Cl)n1. The van der Waals surface area contributed by atoms with Crippen molar-refractivity contribution in [3.63, 3.8) is 0 Å². The predicted octanol–water partition coefficient (Wildman–Crippen LogP) is 2.69. The Balaban J connectivity index is 1.89. The van der Waals surface area contributed by atoms with Gasteiger partial charge in [0.15, 0.2) is 0 Å². The van der Waals surface area contributed by atoms with Gasteiger partial charge in [-0.1, -0.05) is 29.8 Å². The lowest BCUT2D eigenvalue weighted by molar-refractivity contribution is -0.154. The maximum Gasteiger partial charge on any atom is 0.396 e. The number of hydrogen-bond acceptors (Lipinski definition) is 5. The molecule has 5 nitrogen and oxygen atoms in total. The number of nitrogens with zero attached hydrogens (tertiary/aromatic N) is 1. The first-order valence-corrected chi connectivity index (χ1v) is 8.01. The Morgan fingerprint density at radius 2 is 2.14 bits per heavy atom. The molecule has 0 unspecified atom stereocenters. The molecule has 2 rings (SSSR count). The average Bonchev–Trinajstić information content (AvgIpc) is 2.96. The van der Waals surface area contributed by atoms with Crippen molar-refractivity contribution in [1.29, 1.82) is 0 Å². The standard InChI is InChI=1S/C15H15ClN2O3S/c1-2-21-15(20)13(19)17-8-7-10-9-22-14(18-10)11-5-3-4-6-12(11)16/h3-6,9H,2,7-8H2,1H3,(H,17,19). The van der Waals surface area contributed by atoms with Crippen molar-refractivity contribution in [2.24, 2.45) is 0 Å². The second-order valence-electron chi connectivity index (χ2n) is 4.35. The molecule has 0 aliphatic carbocycles. The second kappa shape index (κ2) is 7.91. The van der Waals surface area contributed by atoms with Gasteiger partial charge in [-0.15, -0.1) is 11.3 Å². The van der Waals surface area contributed by atoms with Crippen molar-refractivity contribution >= 4 is 34.8 Å². The maximum absolute atomic E-state index is 11.4. The number of hydrogen-bond donors (Lipinski definition) is 1. The zero-order valence-electron chi connectivity index (χ0n) is 12.0. The number of carbonyl (C=O) groups is 2. The van der Waals surface area contributed by atoms with Crippen LogP contribution in [-0.4, -0.2) is 30.0 Å². The van der Waals surface area contributed by atoms with Crippen LogP contribution in [0.2, 0.25) is 5.02 Å². The van der Waals surface area contributed by atoms with Gasteiger partial charge in [-0.3, -0.25) is 4.79 Å². The van der Waals surface area contributed by atoms with Crippen molar-refractivity contribution in [3.05, 3.63) is 40.4 Å². The summed E-state index contributed by atoms with van der Waals surface area (Å²) < 4.78 is 4.60. The molecule has 1 aromatic heterocycles. The molecule has 0 radical (unpaired) electrons. The van der Waals surface area contributed by atoms with Gasteiger partial charge >= 0.3 is 11.9 Å². The fraction of sp³-hybridized carbons (Fsp3) is 0.267. The molecule has 2 aromatic rings. The third-order valence-corrected chi connectivity index (χ3v) is 4.04. The highest BCUT2D eigenvalue weighted by molar-refractivity contribution is 7.13. The van der Waals surface area contributed by atoms with Crippen LogP contribution < -0.4 is 5.32 Å². The van der Waals surface area contributed by atoms with Gasteiger partial charge in [-0.25, -0.2) is 9.78 Å². The van der Waals surface area contributed by atoms with Crippen LogP contribution in [0.15, 0.2) is 29.6 Å². The molecule has 0 aliphatic rings. The number of amides is 1. The highest BCUT2D eigenvalue weighted by atomic mass is 35.5. The molecule has 22 heavy (non-hydrogen) atoms. The van der Waals surface area contributed by atoms with E-state index in [1.807, 2.05) is 29.6 Å². The fourth-order valence-electron chi connectivity index (χ4n) is 1.75. The number of thiazole rings is 1. The van der Waals surface area contributed by atoms with Crippen LogP contribution >= 0.6 is 22.9 Å². The third-order valence-electron chi connectivity index (χ3n) is 2.78. The van der Waals surface area contributed by atoms with Crippen LogP contribution in [0.3, 0.4) is 0 Å². The summed E-state index contributed by atoms with van der Waals surface area (Å²) in [6.07, 6.45) is 0.534. The Bertz CT molecular complexity index is 672. The highest BCUT2D eigenvalue weighted by Crippen LogP contribution is 2.30. The topological polar surface area (TPSA) is 68.3 Å². The number of benzene rings is 1. The molecule has 116 valence electrons. The van der Waals surface area contributed by atoms with E-state index >= 15 is 0 Å². The number of nitrogens with one attached hydrogen (secondary N) is 1. The smallest absolute Gasteiger partial charge is 0.396 e. The van der Waals surface area contributed by atoms with Crippen molar-refractivity contribution in [2.75, 3.05) is 13.2 Å². The van der Waals surface area contributed by atoms with Gasteiger partial charge in [0.25, 0.3) is 0 Å². The van der Waals surface area contributed by atoms with Gasteiger partial charge < -0.3 is 10.1 Å². The molecule has 0 spiro atoms. The average molecular weight is 339 g/mol. The summed E-state index contributed by atoms with van der Waals surface area (Å²) in [5, 5.41) is 5.90. The van der Waals surface area contributed by atoms with E-state index in [-0.39, 0.29) is 6.61 Å². The summed E-state index contributed by atoms with van der Waals surface area (Å²) >= 11 is 7.63. The molecule has 1 N–H and O–H groups in total. The highest BCUT2D eigenvalue weighted by Gasteiger charge is 2.14. The van der Waals surface area contributed by atoms with E-state index in [2.05, 4.69) is 15.0 Å². The number of ether oxygens (including phenoxy) is 1. The number of aromatic nitrogens is 1. The minimum atomic E-state index is -0.863. The monoisotopic (exact) mass is 338 g/mol.